The zero-order chi connectivity index (χ0) is 24.7. The second-order valence-corrected chi connectivity index (χ2v) is 9.61. The molecule has 2 aromatic rings. The summed E-state index contributed by atoms with van der Waals surface area (Å²) in [6.07, 6.45) is 3.43. The van der Waals surface area contributed by atoms with Crippen LogP contribution in [-0.2, 0) is 11.3 Å². The van der Waals surface area contributed by atoms with Crippen molar-refractivity contribution in [2.24, 2.45) is 5.92 Å². The number of amides is 2. The highest BCUT2D eigenvalue weighted by atomic mass is 32.1. The van der Waals surface area contributed by atoms with Crippen LogP contribution in [0.15, 0.2) is 24.3 Å². The fraction of sp³-hybridized carbons (Fsp3) is 0.458. The lowest BCUT2D eigenvalue weighted by Crippen LogP contribution is -2.27. The van der Waals surface area contributed by atoms with Gasteiger partial charge in [-0.25, -0.2) is 4.79 Å². The van der Waals surface area contributed by atoms with Gasteiger partial charge in [-0.2, -0.15) is 0 Å². The van der Waals surface area contributed by atoms with Crippen molar-refractivity contribution >= 4 is 34.3 Å². The normalized spacial score (nSPS) is 14.8. The molecule has 184 valence electrons. The van der Waals surface area contributed by atoms with E-state index in [-0.39, 0.29) is 30.4 Å². The van der Waals surface area contributed by atoms with Crippen LogP contribution in [0.4, 0.5) is 9.80 Å². The highest BCUT2D eigenvalue weighted by Gasteiger charge is 2.25. The van der Waals surface area contributed by atoms with E-state index in [1.54, 1.807) is 0 Å². The van der Waals surface area contributed by atoms with Crippen molar-refractivity contribution in [3.63, 3.8) is 0 Å². The Hall–Kier alpha value is -3.27. The van der Waals surface area contributed by atoms with Crippen LogP contribution in [0.25, 0.3) is 0 Å². The molecule has 1 aromatic carbocycles. The Labute approximate surface area is 202 Å². The lowest BCUT2D eigenvalue weighted by molar-refractivity contribution is -0.120. The Morgan fingerprint density at radius 1 is 1.06 bits per heavy atom. The van der Waals surface area contributed by atoms with Crippen molar-refractivity contribution in [2.45, 2.75) is 58.4 Å². The number of hydrogen-bond donors (Lipinski definition) is 4. The third kappa shape index (κ3) is 6.86. The summed E-state index contributed by atoms with van der Waals surface area (Å²) in [7, 11) is 0. The van der Waals surface area contributed by atoms with E-state index in [0.29, 0.717) is 22.9 Å². The minimum absolute atomic E-state index is 0.0386. The summed E-state index contributed by atoms with van der Waals surface area (Å²) in [6.45, 7) is 4.78. The molecule has 0 bridgehead atoms. The van der Waals surface area contributed by atoms with Crippen LogP contribution in [0.1, 0.15) is 72.7 Å². The van der Waals surface area contributed by atoms with Crippen molar-refractivity contribution in [3.8, 4) is 11.5 Å². The number of anilines is 1. The number of carboxylic acid groups (broad SMARTS) is 2. The third-order valence-corrected chi connectivity index (χ3v) is 7.02. The molecule has 1 saturated carbocycles. The van der Waals surface area contributed by atoms with Gasteiger partial charge in [0.2, 0.25) is 12.7 Å². The minimum Gasteiger partial charge on any atom is -0.454 e. The average molecular weight is 491 g/mol. The van der Waals surface area contributed by atoms with Crippen LogP contribution in [0.2, 0.25) is 0 Å². The van der Waals surface area contributed by atoms with Crippen molar-refractivity contribution in [3.05, 3.63) is 40.3 Å². The summed E-state index contributed by atoms with van der Waals surface area (Å²) in [4.78, 5) is 35.3. The van der Waals surface area contributed by atoms with Gasteiger partial charge in [-0.3, -0.25) is 9.59 Å². The van der Waals surface area contributed by atoms with Gasteiger partial charge in [-0.05, 0) is 42.5 Å². The third-order valence-electron chi connectivity index (χ3n) is 5.67. The fourth-order valence-electron chi connectivity index (χ4n) is 3.86. The quantitative estimate of drug-likeness (QED) is 0.433. The Bertz CT molecular complexity index is 1020. The van der Waals surface area contributed by atoms with Crippen molar-refractivity contribution in [2.75, 3.05) is 12.1 Å². The molecule has 0 spiro atoms. The summed E-state index contributed by atoms with van der Waals surface area (Å²) < 4.78 is 10.7. The molecular formula is C24H30N2O7S. The maximum atomic E-state index is 13.0. The first-order chi connectivity index (χ1) is 16.2. The summed E-state index contributed by atoms with van der Waals surface area (Å²) in [6, 6.07) is 7.54. The molecule has 34 heavy (non-hydrogen) atoms. The summed E-state index contributed by atoms with van der Waals surface area (Å²) in [5.41, 5.74) is 1.47. The van der Waals surface area contributed by atoms with E-state index in [9.17, 15) is 9.59 Å². The van der Waals surface area contributed by atoms with E-state index in [0.717, 1.165) is 41.9 Å². The van der Waals surface area contributed by atoms with Crippen molar-refractivity contribution < 1.29 is 34.1 Å². The molecule has 9 nitrogen and oxygen atoms in total. The Kier molecular flexibility index (Phi) is 8.75. The largest absolute Gasteiger partial charge is 0.503 e. The van der Waals surface area contributed by atoms with E-state index < -0.39 is 6.16 Å². The molecule has 0 saturated heterocycles. The standard InChI is InChI=1S/C23H28N2O4S.CH2O3/c1-14(2)20-11-17(23(30-20)25-21(26)16-6-4-3-5-7-16)22(27)24-12-15-8-9-18-19(10-15)29-13-28-18;2-1(3)4/h8-11,14,16H,3-7,12-13H2,1-2H3,(H,24,27)(H,25,26);(H2,2,3,4). The first-order valence-corrected chi connectivity index (χ1v) is 12.1. The van der Waals surface area contributed by atoms with E-state index in [4.69, 9.17) is 24.5 Å². The number of hydrogen-bond acceptors (Lipinski definition) is 6. The average Bonchev–Trinajstić information content (AvgIpc) is 3.44. The lowest BCUT2D eigenvalue weighted by atomic mass is 9.89. The molecule has 0 unspecified atom stereocenters. The summed E-state index contributed by atoms with van der Waals surface area (Å²) in [5, 5.41) is 20.6. The molecule has 4 N–H and O–H groups in total. The Balaban J connectivity index is 0.000000751. The number of rotatable bonds is 6. The monoisotopic (exact) mass is 490 g/mol. The van der Waals surface area contributed by atoms with Gasteiger partial charge >= 0.3 is 6.16 Å². The molecule has 1 aromatic heterocycles. The molecule has 1 fully saturated rings. The van der Waals surface area contributed by atoms with Gasteiger partial charge in [0.05, 0.1) is 5.56 Å². The Morgan fingerprint density at radius 3 is 2.41 bits per heavy atom. The second kappa shape index (κ2) is 11.7. The van der Waals surface area contributed by atoms with Gasteiger partial charge < -0.3 is 30.3 Å². The number of nitrogens with one attached hydrogen (secondary N) is 2. The van der Waals surface area contributed by atoms with Gasteiger partial charge in [0.15, 0.2) is 11.5 Å². The first kappa shape index (κ1) is 25.4. The molecular weight excluding hydrogens is 460 g/mol. The number of thiophene rings is 1. The van der Waals surface area contributed by atoms with Crippen molar-refractivity contribution in [1.82, 2.24) is 5.32 Å². The van der Waals surface area contributed by atoms with Gasteiger partial charge in [-0.15, -0.1) is 11.3 Å². The summed E-state index contributed by atoms with van der Waals surface area (Å²) in [5.74, 6) is 1.60. The number of benzene rings is 1. The van der Waals surface area contributed by atoms with Gasteiger partial charge in [0, 0.05) is 17.3 Å². The molecule has 2 heterocycles. The topological polar surface area (TPSA) is 134 Å². The van der Waals surface area contributed by atoms with E-state index in [2.05, 4.69) is 24.5 Å². The van der Waals surface area contributed by atoms with Gasteiger partial charge in [0.1, 0.15) is 5.00 Å². The Morgan fingerprint density at radius 2 is 1.74 bits per heavy atom. The van der Waals surface area contributed by atoms with Crippen LogP contribution in [0.5, 0.6) is 11.5 Å². The molecule has 2 aliphatic rings. The lowest BCUT2D eigenvalue weighted by Gasteiger charge is -2.20. The molecule has 1 aliphatic heterocycles. The zero-order valence-corrected chi connectivity index (χ0v) is 20.1. The molecule has 10 heteroatoms. The van der Waals surface area contributed by atoms with Gasteiger partial charge in [-0.1, -0.05) is 39.2 Å². The van der Waals surface area contributed by atoms with Crippen LogP contribution < -0.4 is 20.1 Å². The fourth-order valence-corrected chi connectivity index (χ4v) is 4.92. The number of carbonyl (C=O) groups is 3. The van der Waals surface area contributed by atoms with Crippen LogP contribution >= 0.6 is 11.3 Å². The smallest absolute Gasteiger partial charge is 0.454 e. The maximum Gasteiger partial charge on any atom is 0.503 e. The number of fused-ring (bicyclic) bond motifs is 1. The second-order valence-electron chi connectivity index (χ2n) is 8.52. The molecule has 4 rings (SSSR count). The minimum atomic E-state index is -1.83. The number of carbonyl (C=O) groups excluding carboxylic acids is 2. The molecule has 1 aliphatic carbocycles. The molecule has 2 amide bonds. The van der Waals surface area contributed by atoms with Crippen LogP contribution in [0.3, 0.4) is 0 Å². The maximum absolute atomic E-state index is 13.0. The SMILES string of the molecule is CC(C)c1cc(C(=O)NCc2ccc3c(c2)OCO3)c(NC(=O)C2CCCCC2)s1.O=C(O)O. The summed E-state index contributed by atoms with van der Waals surface area (Å²) >= 11 is 1.50. The van der Waals surface area contributed by atoms with E-state index >= 15 is 0 Å². The number of ether oxygens (including phenoxy) is 2. The van der Waals surface area contributed by atoms with Gasteiger partial charge in [0.25, 0.3) is 5.91 Å². The van der Waals surface area contributed by atoms with E-state index in [1.165, 1.54) is 17.8 Å². The highest BCUT2D eigenvalue weighted by molar-refractivity contribution is 7.16. The predicted octanol–water partition coefficient (Wildman–Crippen LogP) is 5.27. The van der Waals surface area contributed by atoms with Crippen molar-refractivity contribution in [1.29, 1.82) is 0 Å². The predicted molar refractivity (Wildman–Crippen MR) is 128 cm³/mol. The first-order valence-electron chi connectivity index (χ1n) is 11.3. The van der Waals surface area contributed by atoms with Crippen LogP contribution in [0, 0.1) is 5.92 Å². The zero-order valence-electron chi connectivity index (χ0n) is 19.3. The highest BCUT2D eigenvalue weighted by Crippen LogP contribution is 2.35. The molecule has 0 atom stereocenters. The molecule has 0 radical (unpaired) electrons. The van der Waals surface area contributed by atoms with E-state index in [1.807, 2.05) is 24.3 Å². The van der Waals surface area contributed by atoms with Crippen LogP contribution in [-0.4, -0.2) is 35.0 Å².